The van der Waals surface area contributed by atoms with E-state index >= 15 is 0 Å². The standard InChI is InChI=1S/C13H19ClN4/c1-9-12(14)15-8-16-13(9)17-10-4-6-18-5-2-3-11(18)7-10/h8,10-11H,2-7H2,1H3,(H,15,16,17). The number of nitrogens with one attached hydrogen (secondary N) is 1. The summed E-state index contributed by atoms with van der Waals surface area (Å²) in [5.41, 5.74) is 0.952. The van der Waals surface area contributed by atoms with Crippen LogP contribution in [0, 0.1) is 6.92 Å². The fourth-order valence-corrected chi connectivity index (χ4v) is 3.26. The Kier molecular flexibility index (Phi) is 3.39. The predicted molar refractivity (Wildman–Crippen MR) is 73.0 cm³/mol. The second kappa shape index (κ2) is 5.02. The zero-order chi connectivity index (χ0) is 12.5. The molecule has 5 heteroatoms. The summed E-state index contributed by atoms with van der Waals surface area (Å²) in [6.45, 7) is 4.46. The first-order valence-electron chi connectivity index (χ1n) is 6.71. The van der Waals surface area contributed by atoms with E-state index in [9.17, 15) is 0 Å². The zero-order valence-electron chi connectivity index (χ0n) is 10.7. The van der Waals surface area contributed by atoms with Crippen molar-refractivity contribution in [2.75, 3.05) is 18.4 Å². The molecule has 2 aliphatic rings. The lowest BCUT2D eigenvalue weighted by atomic mass is 9.97. The summed E-state index contributed by atoms with van der Waals surface area (Å²) in [6, 6.07) is 1.29. The minimum atomic E-state index is 0.522. The van der Waals surface area contributed by atoms with Gasteiger partial charge in [-0.3, -0.25) is 0 Å². The Morgan fingerprint density at radius 2 is 2.22 bits per heavy atom. The first-order valence-corrected chi connectivity index (χ1v) is 7.09. The second-order valence-corrected chi connectivity index (χ2v) is 5.69. The van der Waals surface area contributed by atoms with Gasteiger partial charge in [0, 0.05) is 24.2 Å². The van der Waals surface area contributed by atoms with Crippen LogP contribution in [0.2, 0.25) is 5.15 Å². The molecule has 2 fully saturated rings. The minimum Gasteiger partial charge on any atom is -0.367 e. The SMILES string of the molecule is Cc1c(Cl)ncnc1NC1CCN2CCCC2C1. The Morgan fingerprint density at radius 3 is 3.11 bits per heavy atom. The van der Waals surface area contributed by atoms with Gasteiger partial charge < -0.3 is 10.2 Å². The summed E-state index contributed by atoms with van der Waals surface area (Å²) in [5, 5.41) is 4.09. The number of hydrogen-bond donors (Lipinski definition) is 1. The molecule has 0 saturated carbocycles. The van der Waals surface area contributed by atoms with Gasteiger partial charge in [-0.25, -0.2) is 9.97 Å². The highest BCUT2D eigenvalue weighted by Crippen LogP contribution is 2.29. The lowest BCUT2D eigenvalue weighted by molar-refractivity contribution is 0.188. The van der Waals surface area contributed by atoms with E-state index in [4.69, 9.17) is 11.6 Å². The van der Waals surface area contributed by atoms with Crippen LogP contribution in [-0.4, -0.2) is 40.0 Å². The van der Waals surface area contributed by atoms with Gasteiger partial charge in [-0.05, 0) is 39.2 Å². The molecule has 18 heavy (non-hydrogen) atoms. The van der Waals surface area contributed by atoms with Crippen molar-refractivity contribution in [3.8, 4) is 0 Å². The molecule has 2 atom stereocenters. The van der Waals surface area contributed by atoms with Crippen molar-refractivity contribution >= 4 is 17.4 Å². The molecule has 3 rings (SSSR count). The van der Waals surface area contributed by atoms with Crippen LogP contribution in [0.5, 0.6) is 0 Å². The van der Waals surface area contributed by atoms with Crippen molar-refractivity contribution in [2.24, 2.45) is 0 Å². The van der Waals surface area contributed by atoms with Gasteiger partial charge in [0.25, 0.3) is 0 Å². The molecule has 0 bridgehead atoms. The lowest BCUT2D eigenvalue weighted by Gasteiger charge is -2.35. The van der Waals surface area contributed by atoms with E-state index in [0.717, 1.165) is 17.4 Å². The first-order chi connectivity index (χ1) is 8.74. The van der Waals surface area contributed by atoms with Crippen LogP contribution < -0.4 is 5.32 Å². The third kappa shape index (κ3) is 2.31. The Labute approximate surface area is 113 Å². The maximum absolute atomic E-state index is 6.02. The number of fused-ring (bicyclic) bond motifs is 1. The molecule has 2 unspecified atom stereocenters. The van der Waals surface area contributed by atoms with Crippen LogP contribution in [0.1, 0.15) is 31.2 Å². The first kappa shape index (κ1) is 12.2. The van der Waals surface area contributed by atoms with E-state index in [1.54, 1.807) is 0 Å². The van der Waals surface area contributed by atoms with Crippen molar-refractivity contribution in [1.29, 1.82) is 0 Å². The molecule has 0 amide bonds. The van der Waals surface area contributed by atoms with Gasteiger partial charge in [-0.2, -0.15) is 0 Å². The van der Waals surface area contributed by atoms with Crippen LogP contribution >= 0.6 is 11.6 Å². The quantitative estimate of drug-likeness (QED) is 0.835. The van der Waals surface area contributed by atoms with Gasteiger partial charge in [0.15, 0.2) is 0 Å². The van der Waals surface area contributed by atoms with Crippen molar-refractivity contribution in [3.63, 3.8) is 0 Å². The van der Waals surface area contributed by atoms with Gasteiger partial charge in [0.1, 0.15) is 17.3 Å². The van der Waals surface area contributed by atoms with Crippen molar-refractivity contribution in [1.82, 2.24) is 14.9 Å². The molecular weight excluding hydrogens is 248 g/mol. The third-order valence-corrected chi connectivity index (χ3v) is 4.56. The largest absolute Gasteiger partial charge is 0.367 e. The van der Waals surface area contributed by atoms with Gasteiger partial charge in [0.05, 0.1) is 0 Å². The van der Waals surface area contributed by atoms with E-state index < -0.39 is 0 Å². The number of halogens is 1. The molecule has 1 aromatic heterocycles. The topological polar surface area (TPSA) is 41.1 Å². The van der Waals surface area contributed by atoms with Gasteiger partial charge in [0.2, 0.25) is 0 Å². The normalized spacial score (nSPS) is 28.1. The number of piperidine rings is 1. The van der Waals surface area contributed by atoms with Crippen molar-refractivity contribution in [3.05, 3.63) is 17.0 Å². The summed E-state index contributed by atoms with van der Waals surface area (Å²) in [7, 11) is 0. The van der Waals surface area contributed by atoms with Crippen LogP contribution in [0.25, 0.3) is 0 Å². The zero-order valence-corrected chi connectivity index (χ0v) is 11.5. The van der Waals surface area contributed by atoms with Crippen LogP contribution in [0.15, 0.2) is 6.33 Å². The van der Waals surface area contributed by atoms with Gasteiger partial charge in [-0.15, -0.1) is 0 Å². The minimum absolute atomic E-state index is 0.522. The van der Waals surface area contributed by atoms with Crippen molar-refractivity contribution < 1.29 is 0 Å². The molecule has 4 nitrogen and oxygen atoms in total. The summed E-state index contributed by atoms with van der Waals surface area (Å²) in [6.07, 6.45) is 6.65. The Morgan fingerprint density at radius 1 is 1.33 bits per heavy atom. The number of nitrogens with zero attached hydrogens (tertiary/aromatic N) is 3. The highest BCUT2D eigenvalue weighted by molar-refractivity contribution is 6.30. The second-order valence-electron chi connectivity index (χ2n) is 5.34. The van der Waals surface area contributed by atoms with E-state index in [1.165, 1.54) is 45.1 Å². The Balaban J connectivity index is 1.68. The molecular formula is C13H19ClN4. The summed E-state index contributed by atoms with van der Waals surface area (Å²) in [4.78, 5) is 10.9. The van der Waals surface area contributed by atoms with Crippen LogP contribution in [-0.2, 0) is 0 Å². The lowest BCUT2D eigenvalue weighted by Crippen LogP contribution is -2.42. The van der Waals surface area contributed by atoms with Crippen LogP contribution in [0.3, 0.4) is 0 Å². The molecule has 2 saturated heterocycles. The van der Waals surface area contributed by atoms with Crippen molar-refractivity contribution in [2.45, 2.75) is 44.7 Å². The monoisotopic (exact) mass is 266 g/mol. The molecule has 3 heterocycles. The van der Waals surface area contributed by atoms with Gasteiger partial charge in [-0.1, -0.05) is 11.6 Å². The Hall–Kier alpha value is -0.870. The maximum Gasteiger partial charge on any atom is 0.137 e. The third-order valence-electron chi connectivity index (χ3n) is 4.18. The smallest absolute Gasteiger partial charge is 0.137 e. The molecule has 0 spiro atoms. The summed E-state index contributed by atoms with van der Waals surface area (Å²) >= 11 is 6.02. The van der Waals surface area contributed by atoms with E-state index in [-0.39, 0.29) is 0 Å². The van der Waals surface area contributed by atoms with E-state index in [0.29, 0.717) is 11.2 Å². The Bertz CT molecular complexity index is 437. The molecule has 98 valence electrons. The molecule has 0 aromatic carbocycles. The summed E-state index contributed by atoms with van der Waals surface area (Å²) < 4.78 is 0. The maximum atomic E-state index is 6.02. The molecule has 2 aliphatic heterocycles. The molecule has 1 aromatic rings. The average Bonchev–Trinajstić information content (AvgIpc) is 2.82. The highest BCUT2D eigenvalue weighted by Gasteiger charge is 2.31. The fraction of sp³-hybridized carbons (Fsp3) is 0.692. The fourth-order valence-electron chi connectivity index (χ4n) is 3.12. The molecule has 0 aliphatic carbocycles. The summed E-state index contributed by atoms with van der Waals surface area (Å²) in [5.74, 6) is 0.895. The highest BCUT2D eigenvalue weighted by atomic mass is 35.5. The average molecular weight is 267 g/mol. The molecule has 1 N–H and O–H groups in total. The number of hydrogen-bond acceptors (Lipinski definition) is 4. The molecule has 0 radical (unpaired) electrons. The number of anilines is 1. The van der Waals surface area contributed by atoms with E-state index in [1.807, 2.05) is 6.92 Å². The predicted octanol–water partition coefficient (Wildman–Crippen LogP) is 2.48. The van der Waals surface area contributed by atoms with Crippen LogP contribution in [0.4, 0.5) is 5.82 Å². The number of aromatic nitrogens is 2. The van der Waals surface area contributed by atoms with Gasteiger partial charge >= 0.3 is 0 Å². The van der Waals surface area contributed by atoms with E-state index in [2.05, 4.69) is 20.2 Å². The number of rotatable bonds is 2.